The van der Waals surface area contributed by atoms with E-state index in [0.29, 0.717) is 6.54 Å². The molecule has 0 bridgehead atoms. The lowest BCUT2D eigenvalue weighted by molar-refractivity contribution is -0.143. The maximum absolute atomic E-state index is 11.8. The molecule has 0 radical (unpaired) electrons. The van der Waals surface area contributed by atoms with Crippen LogP contribution in [0.25, 0.3) is 0 Å². The molecule has 0 saturated carbocycles. The molecule has 0 spiro atoms. The minimum Gasteiger partial charge on any atom is -0.481 e. The van der Waals surface area contributed by atoms with Gasteiger partial charge in [-0.3, -0.25) is 9.59 Å². The molecule has 0 aromatic heterocycles. The Hall–Kier alpha value is -1.63. The first-order chi connectivity index (χ1) is 8.50. The van der Waals surface area contributed by atoms with Crippen LogP contribution in [0.1, 0.15) is 25.7 Å². The molecule has 1 saturated heterocycles. The minimum absolute atomic E-state index is 0.101. The Morgan fingerprint density at radius 2 is 2.06 bits per heavy atom. The second-order valence-corrected chi connectivity index (χ2v) is 4.38. The van der Waals surface area contributed by atoms with Gasteiger partial charge in [-0.05, 0) is 25.8 Å². The molecule has 0 aliphatic carbocycles. The highest BCUT2D eigenvalue weighted by Gasteiger charge is 2.26. The van der Waals surface area contributed by atoms with E-state index >= 15 is 0 Å². The van der Waals surface area contributed by atoms with Crippen LogP contribution < -0.4 is 10.6 Å². The van der Waals surface area contributed by atoms with Crippen molar-refractivity contribution in [3.05, 3.63) is 0 Å². The van der Waals surface area contributed by atoms with Gasteiger partial charge in [0.2, 0.25) is 5.91 Å². The number of hydrogen-bond acceptors (Lipinski definition) is 4. The summed E-state index contributed by atoms with van der Waals surface area (Å²) in [7, 11) is 0. The molecule has 0 aromatic carbocycles. The molecule has 1 aliphatic rings. The van der Waals surface area contributed by atoms with Gasteiger partial charge in [-0.1, -0.05) is 0 Å². The van der Waals surface area contributed by atoms with Gasteiger partial charge in [-0.2, -0.15) is 0 Å². The number of carboxylic acid groups (broad SMARTS) is 2. The lowest BCUT2D eigenvalue weighted by Crippen LogP contribution is -2.47. The second-order valence-electron chi connectivity index (χ2n) is 4.38. The van der Waals surface area contributed by atoms with Crippen LogP contribution in [0.3, 0.4) is 0 Å². The molecule has 1 rings (SSSR count). The Kier molecular flexibility index (Phi) is 5.57. The molecule has 1 heterocycles. The lowest BCUT2D eigenvalue weighted by Gasteiger charge is -2.23. The van der Waals surface area contributed by atoms with Crippen molar-refractivity contribution in [1.29, 1.82) is 0 Å². The number of carbonyl (C=O) groups excluding carboxylic acids is 1. The number of carbonyl (C=O) groups is 3. The standard InChI is InChI=1S/C11H18N2O5/c14-9(15)4-3-8(11(17)18)13-10(16)7-2-1-5-12-6-7/h7-8,12H,1-6H2,(H,13,16)(H,14,15)(H,17,18). The zero-order valence-electron chi connectivity index (χ0n) is 10.0. The molecule has 2 unspecified atom stereocenters. The van der Waals surface area contributed by atoms with Crippen LogP contribution in [0.15, 0.2) is 0 Å². The third kappa shape index (κ3) is 4.70. The zero-order chi connectivity index (χ0) is 13.5. The Morgan fingerprint density at radius 3 is 2.56 bits per heavy atom. The highest BCUT2D eigenvalue weighted by molar-refractivity contribution is 5.85. The summed E-state index contributed by atoms with van der Waals surface area (Å²) in [5, 5.41) is 22.9. The maximum Gasteiger partial charge on any atom is 0.326 e. The van der Waals surface area contributed by atoms with E-state index in [-0.39, 0.29) is 24.7 Å². The fraction of sp³-hybridized carbons (Fsp3) is 0.727. The number of amides is 1. The molecule has 2 atom stereocenters. The van der Waals surface area contributed by atoms with Crippen LogP contribution in [-0.4, -0.2) is 47.2 Å². The molecule has 0 aromatic rings. The van der Waals surface area contributed by atoms with Crippen molar-refractivity contribution in [3.8, 4) is 0 Å². The van der Waals surface area contributed by atoms with Crippen LogP contribution in [0.2, 0.25) is 0 Å². The van der Waals surface area contributed by atoms with Gasteiger partial charge < -0.3 is 20.8 Å². The Labute approximate surface area is 105 Å². The Balaban J connectivity index is 2.46. The highest BCUT2D eigenvalue weighted by Crippen LogP contribution is 2.10. The van der Waals surface area contributed by atoms with E-state index < -0.39 is 18.0 Å². The Morgan fingerprint density at radius 1 is 1.33 bits per heavy atom. The van der Waals surface area contributed by atoms with E-state index in [4.69, 9.17) is 10.2 Å². The third-order valence-electron chi connectivity index (χ3n) is 2.93. The van der Waals surface area contributed by atoms with E-state index in [0.717, 1.165) is 19.4 Å². The molecule has 4 N–H and O–H groups in total. The van der Waals surface area contributed by atoms with Gasteiger partial charge in [-0.15, -0.1) is 0 Å². The quantitative estimate of drug-likeness (QED) is 0.506. The maximum atomic E-state index is 11.8. The summed E-state index contributed by atoms with van der Waals surface area (Å²) < 4.78 is 0. The summed E-state index contributed by atoms with van der Waals surface area (Å²) in [6, 6.07) is -1.13. The summed E-state index contributed by atoms with van der Waals surface area (Å²) in [6.07, 6.45) is 1.23. The van der Waals surface area contributed by atoms with Crippen molar-refractivity contribution < 1.29 is 24.6 Å². The molecule has 1 amide bonds. The predicted octanol–water partition coefficient (Wildman–Crippen LogP) is -0.580. The topological polar surface area (TPSA) is 116 Å². The molecular formula is C11H18N2O5. The molecular weight excluding hydrogens is 240 g/mol. The van der Waals surface area contributed by atoms with Crippen molar-refractivity contribution >= 4 is 17.8 Å². The monoisotopic (exact) mass is 258 g/mol. The van der Waals surface area contributed by atoms with Gasteiger partial charge in [-0.25, -0.2) is 4.79 Å². The average Bonchev–Trinajstić information content (AvgIpc) is 2.34. The second kappa shape index (κ2) is 6.95. The normalized spacial score (nSPS) is 21.0. The van der Waals surface area contributed by atoms with E-state index in [1.54, 1.807) is 0 Å². The molecule has 7 nitrogen and oxygen atoms in total. The first kappa shape index (κ1) is 14.4. The van der Waals surface area contributed by atoms with Crippen LogP contribution in [0.5, 0.6) is 0 Å². The fourth-order valence-corrected chi connectivity index (χ4v) is 1.89. The first-order valence-corrected chi connectivity index (χ1v) is 5.96. The van der Waals surface area contributed by atoms with Gasteiger partial charge >= 0.3 is 11.9 Å². The van der Waals surface area contributed by atoms with E-state index in [9.17, 15) is 14.4 Å². The van der Waals surface area contributed by atoms with Crippen LogP contribution in [-0.2, 0) is 14.4 Å². The van der Waals surface area contributed by atoms with Crippen molar-refractivity contribution in [3.63, 3.8) is 0 Å². The predicted molar refractivity (Wildman–Crippen MR) is 62.0 cm³/mol. The number of carboxylic acids is 2. The third-order valence-corrected chi connectivity index (χ3v) is 2.93. The molecule has 7 heteroatoms. The van der Waals surface area contributed by atoms with Crippen molar-refractivity contribution in [2.45, 2.75) is 31.7 Å². The minimum atomic E-state index is -1.20. The smallest absolute Gasteiger partial charge is 0.326 e. The van der Waals surface area contributed by atoms with Gasteiger partial charge in [0.05, 0.1) is 5.92 Å². The summed E-state index contributed by atoms with van der Waals surface area (Å²) in [6.45, 7) is 1.41. The number of nitrogens with one attached hydrogen (secondary N) is 2. The van der Waals surface area contributed by atoms with Crippen LogP contribution in [0.4, 0.5) is 0 Å². The summed E-state index contributed by atoms with van der Waals surface area (Å²) in [5.41, 5.74) is 0. The van der Waals surface area contributed by atoms with E-state index in [1.807, 2.05) is 0 Å². The van der Waals surface area contributed by atoms with Crippen LogP contribution in [0, 0.1) is 5.92 Å². The summed E-state index contributed by atoms with van der Waals surface area (Å²) in [4.78, 5) is 33.1. The number of aliphatic carboxylic acids is 2. The summed E-state index contributed by atoms with van der Waals surface area (Å²) in [5.74, 6) is -2.83. The number of hydrogen-bond donors (Lipinski definition) is 4. The average molecular weight is 258 g/mol. The number of rotatable bonds is 6. The Bertz CT molecular complexity index is 325. The van der Waals surface area contributed by atoms with Gasteiger partial charge in [0.1, 0.15) is 6.04 Å². The number of piperidine rings is 1. The van der Waals surface area contributed by atoms with E-state index in [2.05, 4.69) is 10.6 Å². The van der Waals surface area contributed by atoms with Crippen molar-refractivity contribution in [2.75, 3.05) is 13.1 Å². The SMILES string of the molecule is O=C(O)CCC(NC(=O)C1CCCNC1)C(=O)O. The molecule has 18 heavy (non-hydrogen) atoms. The van der Waals surface area contributed by atoms with Gasteiger partial charge in [0.25, 0.3) is 0 Å². The van der Waals surface area contributed by atoms with E-state index in [1.165, 1.54) is 0 Å². The van der Waals surface area contributed by atoms with Gasteiger partial charge in [0, 0.05) is 13.0 Å². The fourth-order valence-electron chi connectivity index (χ4n) is 1.89. The van der Waals surface area contributed by atoms with Crippen molar-refractivity contribution in [2.24, 2.45) is 5.92 Å². The van der Waals surface area contributed by atoms with Crippen molar-refractivity contribution in [1.82, 2.24) is 10.6 Å². The zero-order valence-corrected chi connectivity index (χ0v) is 10.0. The molecule has 102 valence electrons. The van der Waals surface area contributed by atoms with Crippen LogP contribution >= 0.6 is 0 Å². The molecule has 1 aliphatic heterocycles. The van der Waals surface area contributed by atoms with Gasteiger partial charge in [0.15, 0.2) is 0 Å². The molecule has 1 fully saturated rings. The lowest BCUT2D eigenvalue weighted by atomic mass is 9.98. The first-order valence-electron chi connectivity index (χ1n) is 5.96. The summed E-state index contributed by atoms with van der Waals surface area (Å²) >= 11 is 0. The largest absolute Gasteiger partial charge is 0.481 e. The highest BCUT2D eigenvalue weighted by atomic mass is 16.4.